The molecule has 13 rings (SSSR count). The molecule has 4 nitrogen and oxygen atoms in total. The molecule has 3 heterocycles. The van der Waals surface area contributed by atoms with Gasteiger partial charge in [0.2, 0.25) is 0 Å². The molecule has 0 atom stereocenters. The van der Waals surface area contributed by atoms with Gasteiger partial charge in [-0.05, 0) is 116 Å². The average Bonchev–Trinajstić information content (AvgIpc) is 4.05. The summed E-state index contributed by atoms with van der Waals surface area (Å²) in [5, 5.41) is 7.18. The summed E-state index contributed by atoms with van der Waals surface area (Å²) >= 11 is 0. The van der Waals surface area contributed by atoms with Gasteiger partial charge in [-0.3, -0.25) is 4.98 Å². The Balaban J connectivity index is 0.000000161. The Kier molecular flexibility index (Phi) is 12.4. The van der Waals surface area contributed by atoms with E-state index < -0.39 is 0 Å². The van der Waals surface area contributed by atoms with Gasteiger partial charge in [0.25, 0.3) is 0 Å². The molecule has 12 aromatic rings. The van der Waals surface area contributed by atoms with Crippen LogP contribution in [0.3, 0.4) is 0 Å². The maximum Gasteiger partial charge on any atom is 0.121 e. The Hall–Kier alpha value is -7.43. The van der Waals surface area contributed by atoms with E-state index in [9.17, 15) is 0 Å². The van der Waals surface area contributed by atoms with E-state index >= 15 is 0 Å². The first kappa shape index (κ1) is 47.9. The molecule has 0 aliphatic heterocycles. The van der Waals surface area contributed by atoms with Crippen molar-refractivity contribution in [2.45, 2.75) is 78.6 Å². The summed E-state index contributed by atoms with van der Waals surface area (Å²) in [7, 11) is 0. The summed E-state index contributed by atoms with van der Waals surface area (Å²) < 4.78 is 8.88. The smallest absolute Gasteiger partial charge is 0.121 e. The fraction of sp³-hybridized carbons (Fsp3) is 0.176. The van der Waals surface area contributed by atoms with Gasteiger partial charge in [-0.1, -0.05) is 192 Å². The van der Waals surface area contributed by atoms with Gasteiger partial charge in [-0.25, -0.2) is 0 Å². The average molecular weight is 1120 g/mol. The van der Waals surface area contributed by atoms with Gasteiger partial charge in [-0.15, -0.1) is 47.3 Å². The van der Waals surface area contributed by atoms with E-state index in [-0.39, 0.29) is 25.5 Å². The van der Waals surface area contributed by atoms with Gasteiger partial charge in [0.1, 0.15) is 5.58 Å². The summed E-state index contributed by atoms with van der Waals surface area (Å²) in [6, 6.07) is 70.0. The summed E-state index contributed by atoms with van der Waals surface area (Å²) in [4.78, 5) is 9.88. The van der Waals surface area contributed by atoms with Crippen LogP contribution in [0.2, 0.25) is 0 Å². The molecule has 0 bridgehead atoms. The first-order valence-electron chi connectivity index (χ1n) is 25.5. The van der Waals surface area contributed by atoms with Crippen LogP contribution in [-0.4, -0.2) is 14.5 Å². The van der Waals surface area contributed by atoms with E-state index in [2.05, 4.69) is 247 Å². The molecule has 73 heavy (non-hydrogen) atoms. The molecule has 0 N–H and O–H groups in total. The number of nitrogens with zero attached hydrogens (tertiary/aromatic N) is 3. The molecular weight excluding hydrogens is 1070 g/mol. The molecule has 0 spiro atoms. The Bertz CT molecular complexity index is 4030. The zero-order chi connectivity index (χ0) is 49.4. The number of fused-ring (bicyclic) bond motifs is 10. The van der Waals surface area contributed by atoms with Crippen LogP contribution in [0.4, 0.5) is 0 Å². The van der Waals surface area contributed by atoms with Crippen molar-refractivity contribution in [3.05, 3.63) is 222 Å². The monoisotopic (exact) mass is 1120 g/mol. The van der Waals surface area contributed by atoms with Crippen molar-refractivity contribution in [1.29, 1.82) is 0 Å². The zero-order valence-electron chi connectivity index (χ0n) is 42.6. The van der Waals surface area contributed by atoms with Crippen LogP contribution in [0.1, 0.15) is 101 Å². The third-order valence-electron chi connectivity index (χ3n) is 15.1. The minimum atomic E-state index is -0.0405. The Morgan fingerprint density at radius 1 is 0.562 bits per heavy atom. The molecule has 0 amide bonds. The Morgan fingerprint density at radius 3 is 2.05 bits per heavy atom. The molecule has 0 fully saturated rings. The van der Waals surface area contributed by atoms with E-state index in [1.807, 2.05) is 12.3 Å². The molecule has 5 heteroatoms. The van der Waals surface area contributed by atoms with Crippen molar-refractivity contribution in [2.75, 3.05) is 0 Å². The molecule has 0 saturated carbocycles. The number of hydrogen-bond donors (Lipinski definition) is 0. The zero-order valence-corrected chi connectivity index (χ0v) is 45.0. The van der Waals surface area contributed by atoms with E-state index in [0.29, 0.717) is 17.8 Å². The van der Waals surface area contributed by atoms with Crippen molar-refractivity contribution < 1.29 is 24.5 Å². The van der Waals surface area contributed by atoms with Crippen LogP contribution >= 0.6 is 0 Å². The summed E-state index contributed by atoms with van der Waals surface area (Å²) in [5.41, 5.74) is 19.7. The minimum absolute atomic E-state index is 0. The minimum Gasteiger partial charge on any atom is -0.501 e. The van der Waals surface area contributed by atoms with Gasteiger partial charge < -0.3 is 14.0 Å². The Labute approximate surface area is 442 Å². The predicted molar refractivity (Wildman–Crippen MR) is 301 cm³/mol. The van der Waals surface area contributed by atoms with Gasteiger partial charge in [-0.2, -0.15) is 0 Å². The van der Waals surface area contributed by atoms with E-state index in [1.54, 1.807) is 0 Å². The third kappa shape index (κ3) is 8.20. The van der Waals surface area contributed by atoms with Crippen molar-refractivity contribution in [2.24, 2.45) is 0 Å². The van der Waals surface area contributed by atoms with E-state index in [4.69, 9.17) is 9.40 Å². The number of pyridine rings is 1. The predicted octanol–water partition coefficient (Wildman–Crippen LogP) is 18.6. The van der Waals surface area contributed by atoms with Crippen LogP contribution in [0.15, 0.2) is 187 Å². The molecule has 1 aliphatic carbocycles. The van der Waals surface area contributed by atoms with Crippen LogP contribution in [0, 0.1) is 12.1 Å². The van der Waals surface area contributed by atoms with Gasteiger partial charge in [0.15, 0.2) is 0 Å². The van der Waals surface area contributed by atoms with Crippen LogP contribution in [0.5, 0.6) is 0 Å². The molecule has 0 unspecified atom stereocenters. The topological polar surface area (TPSA) is 43.9 Å². The van der Waals surface area contributed by atoms with Crippen molar-refractivity contribution in [3.8, 4) is 50.6 Å². The first-order chi connectivity index (χ1) is 34.9. The second-order valence-electron chi connectivity index (χ2n) is 21.0. The largest absolute Gasteiger partial charge is 0.501 e. The normalized spacial score (nSPS) is 12.8. The molecule has 1 aliphatic rings. The van der Waals surface area contributed by atoms with E-state index in [1.165, 1.54) is 77.3 Å². The fourth-order valence-corrected chi connectivity index (χ4v) is 11.2. The standard InChI is InChI=1S/C39H33N2.C29H24NO.Ir/c1-25(2)34-23-31(27-12-6-5-7-13-27)24-35(26(3)4)38(34)41-37-17-11-10-16-36(37)40-39(41)30-20-21-33-29(22-30)19-18-28-14-8-9-15-32(28)33;1-17(2)18-12-13-30-26(14-18)21-10-7-9-20-23-15-22-19-8-5-6-11-24(19)29(3,4)25(22)16-27(23)31-28(20)21;/h5-19,21-26H,1-4H3;5-9,11-17H,1-4H3;/q2*-1;. The number of para-hydroxylation sites is 2. The number of hydrogen-bond acceptors (Lipinski definition) is 3. The summed E-state index contributed by atoms with van der Waals surface area (Å²) in [5.74, 6) is 2.03. The molecular formula is C68H57IrN3O-2. The SMILES string of the molecule is CC(C)c1cc(-c2ccccc2)cc(C(C)C)c1-n1c(-c2[c-]cc3c(ccc4ccccc43)c2)nc2ccccc21.CC(C)c1ccnc(-c2[c-]ccc3c2oc2cc4c(cc23)-c2ccccc2C4(C)C)c1.[Ir]. The summed E-state index contributed by atoms with van der Waals surface area (Å²) in [6.45, 7) is 18.2. The molecule has 0 saturated heterocycles. The number of aromatic nitrogens is 3. The third-order valence-corrected chi connectivity index (χ3v) is 15.1. The number of imidazole rings is 1. The quantitative estimate of drug-likeness (QED) is 0.118. The molecule has 3 aromatic heterocycles. The van der Waals surface area contributed by atoms with Crippen molar-refractivity contribution >= 4 is 54.5 Å². The number of rotatable bonds is 7. The first-order valence-corrected chi connectivity index (χ1v) is 25.5. The number of benzene rings is 9. The van der Waals surface area contributed by atoms with Crippen molar-refractivity contribution in [3.63, 3.8) is 0 Å². The maximum atomic E-state index is 6.48. The molecule has 1 radical (unpaired) electrons. The molecule has 361 valence electrons. The summed E-state index contributed by atoms with van der Waals surface area (Å²) in [6.07, 6.45) is 1.88. The van der Waals surface area contributed by atoms with Crippen LogP contribution < -0.4 is 0 Å². The number of furan rings is 1. The van der Waals surface area contributed by atoms with Gasteiger partial charge in [0.05, 0.1) is 22.4 Å². The second-order valence-corrected chi connectivity index (χ2v) is 21.0. The second kappa shape index (κ2) is 18.9. The van der Waals surface area contributed by atoms with Gasteiger partial charge in [0, 0.05) is 42.8 Å². The maximum absolute atomic E-state index is 6.48. The van der Waals surface area contributed by atoms with Gasteiger partial charge >= 0.3 is 0 Å². The van der Waals surface area contributed by atoms with Crippen molar-refractivity contribution in [1.82, 2.24) is 14.5 Å². The van der Waals surface area contributed by atoms with Crippen LogP contribution in [0.25, 0.3) is 105 Å². The molecule has 9 aromatic carbocycles. The fourth-order valence-electron chi connectivity index (χ4n) is 11.2. The Morgan fingerprint density at radius 2 is 1.27 bits per heavy atom. The van der Waals surface area contributed by atoms with Crippen LogP contribution in [-0.2, 0) is 25.5 Å². The van der Waals surface area contributed by atoms with E-state index in [0.717, 1.165) is 55.6 Å².